The Balaban J connectivity index is 3.98. The predicted molar refractivity (Wildman–Crippen MR) is 64.1 cm³/mol. The van der Waals surface area contributed by atoms with Crippen molar-refractivity contribution in [1.29, 1.82) is 0 Å². The van der Waals surface area contributed by atoms with Crippen molar-refractivity contribution >= 4 is 23.5 Å². The van der Waals surface area contributed by atoms with E-state index in [4.69, 9.17) is 0 Å². The van der Waals surface area contributed by atoms with Crippen LogP contribution >= 0.6 is 23.5 Å². The lowest BCUT2D eigenvalue weighted by atomic mass is 10.1. The molecule has 0 rings (SSSR count). The Morgan fingerprint density at radius 3 is 1.75 bits per heavy atom. The highest BCUT2D eigenvalue weighted by molar-refractivity contribution is 8.18. The molecule has 0 saturated carbocycles. The van der Waals surface area contributed by atoms with Crippen LogP contribution in [0.15, 0.2) is 0 Å². The van der Waals surface area contributed by atoms with E-state index in [1.165, 1.54) is 17.9 Å². The minimum absolute atomic E-state index is 0.456. The molecule has 0 aromatic rings. The SMILES string of the molecule is CCSC(C)(CC(C)C)SCC. The summed E-state index contributed by atoms with van der Waals surface area (Å²) in [6, 6.07) is 0. The molecule has 0 spiro atoms. The third-order valence-corrected chi connectivity index (χ3v) is 4.52. The highest BCUT2D eigenvalue weighted by atomic mass is 32.2. The highest BCUT2D eigenvalue weighted by Crippen LogP contribution is 2.41. The van der Waals surface area contributed by atoms with Crippen LogP contribution < -0.4 is 0 Å². The van der Waals surface area contributed by atoms with Crippen molar-refractivity contribution in [3.63, 3.8) is 0 Å². The summed E-state index contributed by atoms with van der Waals surface area (Å²) in [6.07, 6.45) is 1.32. The van der Waals surface area contributed by atoms with Crippen molar-refractivity contribution in [3.8, 4) is 0 Å². The van der Waals surface area contributed by atoms with Crippen LogP contribution in [0.4, 0.5) is 0 Å². The van der Waals surface area contributed by atoms with Crippen LogP contribution in [0.5, 0.6) is 0 Å². The fraction of sp³-hybridized carbons (Fsp3) is 1.00. The van der Waals surface area contributed by atoms with E-state index in [0.29, 0.717) is 4.08 Å². The second kappa shape index (κ2) is 6.20. The van der Waals surface area contributed by atoms with Gasteiger partial charge in [-0.15, -0.1) is 23.5 Å². The zero-order valence-electron chi connectivity index (χ0n) is 9.02. The summed E-state index contributed by atoms with van der Waals surface area (Å²) in [7, 11) is 0. The second-order valence-corrected chi connectivity index (χ2v) is 7.39. The average Bonchev–Trinajstić information content (AvgIpc) is 1.85. The number of hydrogen-bond donors (Lipinski definition) is 0. The largest absolute Gasteiger partial charge is 0.145 e. The van der Waals surface area contributed by atoms with Crippen molar-refractivity contribution in [2.24, 2.45) is 5.92 Å². The molecule has 0 N–H and O–H groups in total. The van der Waals surface area contributed by atoms with Gasteiger partial charge in [0.15, 0.2) is 0 Å². The summed E-state index contributed by atoms with van der Waals surface area (Å²) in [5.74, 6) is 3.28. The number of rotatable bonds is 6. The van der Waals surface area contributed by atoms with E-state index in [-0.39, 0.29) is 0 Å². The summed E-state index contributed by atoms with van der Waals surface area (Å²) in [5.41, 5.74) is 0. The molecule has 2 heteroatoms. The molecule has 0 aromatic carbocycles. The predicted octanol–water partition coefficient (Wildman–Crippen LogP) is 4.25. The first-order chi connectivity index (χ1) is 5.54. The molecule has 0 aliphatic carbocycles. The lowest BCUT2D eigenvalue weighted by molar-refractivity contribution is 0.565. The molecule has 0 aliphatic rings. The maximum Gasteiger partial charge on any atom is 0.0585 e. The topological polar surface area (TPSA) is 0 Å². The molecular formula is C10H22S2. The highest BCUT2D eigenvalue weighted by Gasteiger charge is 2.24. The van der Waals surface area contributed by atoms with Gasteiger partial charge in [0.05, 0.1) is 4.08 Å². The molecule has 0 atom stereocenters. The second-order valence-electron chi connectivity index (χ2n) is 3.60. The van der Waals surface area contributed by atoms with Crippen LogP contribution in [0, 0.1) is 5.92 Å². The van der Waals surface area contributed by atoms with Crippen LogP contribution in [-0.4, -0.2) is 15.6 Å². The van der Waals surface area contributed by atoms with Crippen LogP contribution in [0.2, 0.25) is 0 Å². The normalized spacial score (nSPS) is 12.5. The summed E-state index contributed by atoms with van der Waals surface area (Å²) >= 11 is 4.19. The minimum atomic E-state index is 0.456. The van der Waals surface area contributed by atoms with Crippen LogP contribution in [-0.2, 0) is 0 Å². The van der Waals surface area contributed by atoms with Gasteiger partial charge in [-0.1, -0.05) is 27.7 Å². The molecule has 12 heavy (non-hydrogen) atoms. The van der Waals surface area contributed by atoms with Crippen LogP contribution in [0.25, 0.3) is 0 Å². The van der Waals surface area contributed by atoms with E-state index >= 15 is 0 Å². The first-order valence-electron chi connectivity index (χ1n) is 4.82. The van der Waals surface area contributed by atoms with E-state index in [1.54, 1.807) is 0 Å². The first kappa shape index (κ1) is 12.7. The Bertz CT molecular complexity index is 104. The smallest absolute Gasteiger partial charge is 0.0585 e. The maximum atomic E-state index is 2.38. The van der Waals surface area contributed by atoms with Gasteiger partial charge in [0.2, 0.25) is 0 Å². The van der Waals surface area contributed by atoms with Crippen molar-refractivity contribution in [1.82, 2.24) is 0 Å². The third-order valence-electron chi connectivity index (χ3n) is 1.68. The van der Waals surface area contributed by atoms with Gasteiger partial charge in [-0.05, 0) is 30.8 Å². The lowest BCUT2D eigenvalue weighted by Crippen LogP contribution is -2.18. The van der Waals surface area contributed by atoms with E-state index in [2.05, 4.69) is 58.1 Å². The summed E-state index contributed by atoms with van der Waals surface area (Å²) < 4.78 is 0.456. The van der Waals surface area contributed by atoms with Gasteiger partial charge in [0.1, 0.15) is 0 Å². The zero-order valence-corrected chi connectivity index (χ0v) is 10.6. The molecular weight excluding hydrogens is 184 g/mol. The molecule has 0 saturated heterocycles. The van der Waals surface area contributed by atoms with E-state index in [9.17, 15) is 0 Å². The average molecular weight is 206 g/mol. The molecule has 0 aliphatic heterocycles. The van der Waals surface area contributed by atoms with Crippen molar-refractivity contribution in [3.05, 3.63) is 0 Å². The summed E-state index contributed by atoms with van der Waals surface area (Å²) in [6.45, 7) is 11.5. The van der Waals surface area contributed by atoms with Crippen molar-refractivity contribution in [2.75, 3.05) is 11.5 Å². The molecule has 0 radical (unpaired) electrons. The van der Waals surface area contributed by atoms with Crippen molar-refractivity contribution < 1.29 is 0 Å². The number of hydrogen-bond acceptors (Lipinski definition) is 2. The van der Waals surface area contributed by atoms with Gasteiger partial charge in [-0.2, -0.15) is 0 Å². The van der Waals surface area contributed by atoms with Gasteiger partial charge >= 0.3 is 0 Å². The van der Waals surface area contributed by atoms with Gasteiger partial charge in [0, 0.05) is 0 Å². The number of thioether (sulfide) groups is 2. The Kier molecular flexibility index (Phi) is 6.56. The maximum absolute atomic E-state index is 2.38. The zero-order chi connectivity index (χ0) is 9.61. The Morgan fingerprint density at radius 1 is 1.08 bits per heavy atom. The van der Waals surface area contributed by atoms with Crippen molar-refractivity contribution in [2.45, 2.75) is 45.1 Å². The molecule has 74 valence electrons. The fourth-order valence-electron chi connectivity index (χ4n) is 1.51. The van der Waals surface area contributed by atoms with Crippen LogP contribution in [0.1, 0.15) is 41.0 Å². The molecule has 0 unspecified atom stereocenters. The lowest BCUT2D eigenvalue weighted by Gasteiger charge is -2.29. The van der Waals surface area contributed by atoms with E-state index < -0.39 is 0 Å². The Hall–Kier alpha value is 0.700. The third kappa shape index (κ3) is 5.36. The first-order valence-corrected chi connectivity index (χ1v) is 6.79. The molecule has 0 heterocycles. The quantitative estimate of drug-likeness (QED) is 0.596. The molecule has 0 nitrogen and oxygen atoms in total. The molecule has 0 bridgehead atoms. The van der Waals surface area contributed by atoms with E-state index in [0.717, 1.165) is 5.92 Å². The Labute approximate surface area is 86.3 Å². The Morgan fingerprint density at radius 2 is 1.50 bits per heavy atom. The molecule has 0 fully saturated rings. The standard InChI is InChI=1S/C10H22S2/c1-6-11-10(5,12-7-2)8-9(3)4/h9H,6-8H2,1-5H3. The minimum Gasteiger partial charge on any atom is -0.145 e. The van der Waals surface area contributed by atoms with Gasteiger partial charge in [-0.25, -0.2) is 0 Å². The van der Waals surface area contributed by atoms with Gasteiger partial charge < -0.3 is 0 Å². The molecule has 0 aromatic heterocycles. The summed E-state index contributed by atoms with van der Waals surface area (Å²) in [4.78, 5) is 0. The molecule has 0 amide bonds. The van der Waals surface area contributed by atoms with Gasteiger partial charge in [-0.3, -0.25) is 0 Å². The summed E-state index contributed by atoms with van der Waals surface area (Å²) in [5, 5.41) is 0. The fourth-order valence-corrected chi connectivity index (χ4v) is 4.68. The van der Waals surface area contributed by atoms with Crippen LogP contribution in [0.3, 0.4) is 0 Å². The van der Waals surface area contributed by atoms with E-state index in [1.807, 2.05) is 0 Å². The monoisotopic (exact) mass is 206 g/mol. The van der Waals surface area contributed by atoms with Gasteiger partial charge in [0.25, 0.3) is 0 Å².